The Bertz CT molecular complexity index is 217. The molecule has 2 aliphatic carbocycles. The zero-order valence-electron chi connectivity index (χ0n) is 8.26. The van der Waals surface area contributed by atoms with Gasteiger partial charge in [0.15, 0.2) is 0 Å². The molecule has 0 aromatic carbocycles. The van der Waals surface area contributed by atoms with Crippen LogP contribution in [0.4, 0.5) is 0 Å². The minimum atomic E-state index is 0.358. The van der Waals surface area contributed by atoms with Gasteiger partial charge in [0.1, 0.15) is 5.78 Å². The van der Waals surface area contributed by atoms with Gasteiger partial charge in [-0.15, -0.1) is 0 Å². The lowest BCUT2D eigenvalue weighted by Crippen LogP contribution is -2.14. The van der Waals surface area contributed by atoms with E-state index in [0.29, 0.717) is 23.0 Å². The first-order valence-corrected chi connectivity index (χ1v) is 5.02. The van der Waals surface area contributed by atoms with E-state index in [1.165, 1.54) is 12.8 Å². The van der Waals surface area contributed by atoms with Crippen molar-refractivity contribution >= 4 is 5.78 Å². The van der Waals surface area contributed by atoms with Crippen molar-refractivity contribution in [3.05, 3.63) is 0 Å². The Morgan fingerprint density at radius 2 is 2.00 bits per heavy atom. The van der Waals surface area contributed by atoms with Crippen LogP contribution in [0, 0.1) is 23.2 Å². The van der Waals surface area contributed by atoms with Crippen molar-refractivity contribution in [2.45, 2.75) is 40.0 Å². The molecule has 0 aliphatic heterocycles. The molecule has 0 radical (unpaired) electrons. The van der Waals surface area contributed by atoms with E-state index in [9.17, 15) is 4.79 Å². The van der Waals surface area contributed by atoms with Crippen molar-refractivity contribution in [1.82, 2.24) is 0 Å². The topological polar surface area (TPSA) is 17.1 Å². The fourth-order valence-corrected chi connectivity index (χ4v) is 3.24. The highest BCUT2D eigenvalue weighted by Crippen LogP contribution is 2.53. The summed E-state index contributed by atoms with van der Waals surface area (Å²) in [5, 5.41) is 0. The molecule has 12 heavy (non-hydrogen) atoms. The Morgan fingerprint density at radius 3 is 2.58 bits per heavy atom. The summed E-state index contributed by atoms with van der Waals surface area (Å²) >= 11 is 0. The monoisotopic (exact) mass is 166 g/mol. The van der Waals surface area contributed by atoms with Crippen molar-refractivity contribution in [2.75, 3.05) is 0 Å². The second-order valence-electron chi connectivity index (χ2n) is 5.46. The lowest BCUT2D eigenvalue weighted by Gasteiger charge is -2.19. The lowest BCUT2D eigenvalue weighted by atomic mass is 9.86. The molecular weight excluding hydrogens is 148 g/mol. The third kappa shape index (κ3) is 1.10. The van der Waals surface area contributed by atoms with Crippen LogP contribution in [-0.2, 0) is 4.79 Å². The van der Waals surface area contributed by atoms with Gasteiger partial charge in [-0.05, 0) is 30.1 Å². The predicted molar refractivity (Wildman–Crippen MR) is 48.8 cm³/mol. The van der Waals surface area contributed by atoms with Crippen LogP contribution in [0.2, 0.25) is 0 Å². The van der Waals surface area contributed by atoms with Gasteiger partial charge in [0.2, 0.25) is 0 Å². The van der Waals surface area contributed by atoms with Crippen molar-refractivity contribution in [3.8, 4) is 0 Å². The Kier molecular flexibility index (Phi) is 1.61. The van der Waals surface area contributed by atoms with E-state index in [4.69, 9.17) is 0 Å². The third-order valence-electron chi connectivity index (χ3n) is 3.82. The van der Waals surface area contributed by atoms with E-state index < -0.39 is 0 Å². The lowest BCUT2D eigenvalue weighted by molar-refractivity contribution is -0.121. The number of hydrogen-bond acceptors (Lipinski definition) is 1. The fraction of sp³-hybridized carbons (Fsp3) is 0.909. The van der Waals surface area contributed by atoms with Gasteiger partial charge >= 0.3 is 0 Å². The molecule has 0 unspecified atom stereocenters. The van der Waals surface area contributed by atoms with Crippen LogP contribution >= 0.6 is 0 Å². The van der Waals surface area contributed by atoms with E-state index in [0.717, 1.165) is 12.3 Å². The van der Waals surface area contributed by atoms with Gasteiger partial charge in [0.25, 0.3) is 0 Å². The van der Waals surface area contributed by atoms with Crippen molar-refractivity contribution in [2.24, 2.45) is 23.2 Å². The highest BCUT2D eigenvalue weighted by atomic mass is 16.1. The first-order chi connectivity index (χ1) is 5.49. The number of rotatable bonds is 0. The van der Waals surface area contributed by atoms with Crippen LogP contribution in [0.3, 0.4) is 0 Å². The fourth-order valence-electron chi connectivity index (χ4n) is 3.24. The summed E-state index contributed by atoms with van der Waals surface area (Å²) in [5.41, 5.74) is 0.504. The highest BCUT2D eigenvalue weighted by Gasteiger charge is 2.48. The van der Waals surface area contributed by atoms with Gasteiger partial charge in [-0.2, -0.15) is 0 Å². The van der Waals surface area contributed by atoms with Gasteiger partial charge in [-0.1, -0.05) is 20.8 Å². The maximum Gasteiger partial charge on any atom is 0.136 e. The van der Waals surface area contributed by atoms with E-state index in [2.05, 4.69) is 20.8 Å². The minimum Gasteiger partial charge on any atom is -0.299 e. The molecule has 0 spiro atoms. The maximum atomic E-state index is 11.4. The molecule has 0 saturated heterocycles. The normalized spacial score (nSPS) is 44.9. The summed E-state index contributed by atoms with van der Waals surface area (Å²) in [4.78, 5) is 11.4. The summed E-state index contributed by atoms with van der Waals surface area (Å²) in [6.07, 6.45) is 3.41. The SMILES string of the molecule is C[C@@H]1C(=O)C[C@H]2CC(C)(C)C[C@H]21. The van der Waals surface area contributed by atoms with Gasteiger partial charge < -0.3 is 0 Å². The van der Waals surface area contributed by atoms with E-state index in [1.807, 2.05) is 0 Å². The molecule has 1 nitrogen and oxygen atoms in total. The van der Waals surface area contributed by atoms with Gasteiger partial charge in [0, 0.05) is 12.3 Å². The molecule has 0 amide bonds. The third-order valence-corrected chi connectivity index (χ3v) is 3.82. The van der Waals surface area contributed by atoms with Crippen LogP contribution < -0.4 is 0 Å². The smallest absolute Gasteiger partial charge is 0.136 e. The van der Waals surface area contributed by atoms with E-state index in [1.54, 1.807) is 0 Å². The Morgan fingerprint density at radius 1 is 1.33 bits per heavy atom. The molecular formula is C11H18O. The second-order valence-corrected chi connectivity index (χ2v) is 5.46. The molecule has 1 heteroatoms. The maximum absolute atomic E-state index is 11.4. The molecule has 68 valence electrons. The number of carbonyl (C=O) groups excluding carboxylic acids is 1. The first kappa shape index (κ1) is 8.28. The summed E-state index contributed by atoms with van der Waals surface area (Å²) in [6, 6.07) is 0. The molecule has 2 rings (SSSR count). The molecule has 2 saturated carbocycles. The number of hydrogen-bond donors (Lipinski definition) is 0. The minimum absolute atomic E-state index is 0.358. The Hall–Kier alpha value is -0.330. The molecule has 0 heterocycles. The molecule has 3 atom stereocenters. The first-order valence-electron chi connectivity index (χ1n) is 5.02. The van der Waals surface area contributed by atoms with Crippen LogP contribution in [0.25, 0.3) is 0 Å². The summed E-state index contributed by atoms with van der Waals surface area (Å²) in [7, 11) is 0. The number of Topliss-reactive ketones (excluding diaryl/α,β-unsaturated/α-hetero) is 1. The van der Waals surface area contributed by atoms with Crippen LogP contribution in [-0.4, -0.2) is 5.78 Å². The summed E-state index contributed by atoms with van der Waals surface area (Å²) < 4.78 is 0. The predicted octanol–water partition coefficient (Wildman–Crippen LogP) is 2.65. The molecule has 0 aromatic heterocycles. The Balaban J connectivity index is 2.16. The summed E-state index contributed by atoms with van der Waals surface area (Å²) in [6.45, 7) is 6.79. The van der Waals surface area contributed by atoms with Crippen molar-refractivity contribution < 1.29 is 4.79 Å². The van der Waals surface area contributed by atoms with Crippen LogP contribution in [0.15, 0.2) is 0 Å². The second kappa shape index (κ2) is 2.34. The molecule has 0 bridgehead atoms. The Labute approximate surface area is 74.5 Å². The number of fused-ring (bicyclic) bond motifs is 1. The van der Waals surface area contributed by atoms with Crippen LogP contribution in [0.1, 0.15) is 40.0 Å². The quantitative estimate of drug-likeness (QED) is 0.540. The molecule has 0 aromatic rings. The largest absolute Gasteiger partial charge is 0.299 e. The van der Waals surface area contributed by atoms with Gasteiger partial charge in [0.05, 0.1) is 0 Å². The standard InChI is InChI=1S/C11H18O/c1-7-9-6-11(2,3)5-8(9)4-10(7)12/h7-9H,4-6H2,1-3H3/t7-,8-,9-/m0/s1. The highest BCUT2D eigenvalue weighted by molar-refractivity contribution is 5.83. The van der Waals surface area contributed by atoms with E-state index >= 15 is 0 Å². The zero-order chi connectivity index (χ0) is 8.93. The van der Waals surface area contributed by atoms with Crippen molar-refractivity contribution in [1.29, 1.82) is 0 Å². The number of carbonyl (C=O) groups is 1. The van der Waals surface area contributed by atoms with Crippen LogP contribution in [0.5, 0.6) is 0 Å². The van der Waals surface area contributed by atoms with E-state index in [-0.39, 0.29) is 0 Å². The molecule has 0 N–H and O–H groups in total. The molecule has 2 fully saturated rings. The zero-order valence-corrected chi connectivity index (χ0v) is 8.26. The number of ketones is 1. The van der Waals surface area contributed by atoms with Crippen molar-refractivity contribution in [3.63, 3.8) is 0 Å². The van der Waals surface area contributed by atoms with Gasteiger partial charge in [-0.3, -0.25) is 4.79 Å². The average Bonchev–Trinajstić information content (AvgIpc) is 2.33. The summed E-state index contributed by atoms with van der Waals surface area (Å²) in [5.74, 6) is 2.31. The van der Waals surface area contributed by atoms with Gasteiger partial charge in [-0.25, -0.2) is 0 Å². The average molecular weight is 166 g/mol. The molecule has 2 aliphatic rings.